The van der Waals surface area contributed by atoms with Crippen molar-refractivity contribution in [1.82, 2.24) is 10.4 Å². The van der Waals surface area contributed by atoms with Crippen molar-refractivity contribution in [3.63, 3.8) is 0 Å². The van der Waals surface area contributed by atoms with E-state index in [1.807, 2.05) is 0 Å². The molecule has 8 heteroatoms. The van der Waals surface area contributed by atoms with Gasteiger partial charge in [0, 0.05) is 17.2 Å². The minimum atomic E-state index is -0.711. The summed E-state index contributed by atoms with van der Waals surface area (Å²) in [5, 5.41) is 10.6. The molecule has 4 saturated carbocycles. The molecule has 0 saturated heterocycles. The standard InChI is InChI=1S/C30H27F2N5O/c31-22-5-6-23(25(32)10-22)24-11-27-34-26(21-3-1-17(16-33)2-4-21)12-28(38)37(27)36-29(24)35-30-13-18-7-19(14-30)9-20(8-18)15-30/h1-6,10-11,18-20,27H,7-9,12-15H2,(H,35,36). The summed E-state index contributed by atoms with van der Waals surface area (Å²) < 4.78 is 28.9. The lowest BCUT2D eigenvalue weighted by molar-refractivity contribution is -0.134. The second kappa shape index (κ2) is 8.59. The van der Waals surface area contributed by atoms with Gasteiger partial charge in [0.2, 0.25) is 5.91 Å². The fourth-order valence-corrected chi connectivity index (χ4v) is 7.64. The molecule has 2 aromatic rings. The van der Waals surface area contributed by atoms with Crippen LogP contribution in [0.15, 0.2) is 58.5 Å². The molecule has 1 N–H and O–H groups in total. The second-order valence-electron chi connectivity index (χ2n) is 11.5. The Kier molecular flexibility index (Phi) is 5.26. The summed E-state index contributed by atoms with van der Waals surface area (Å²) in [6.45, 7) is 0. The van der Waals surface area contributed by atoms with Crippen LogP contribution in [0.4, 0.5) is 8.78 Å². The van der Waals surface area contributed by atoms with Crippen molar-refractivity contribution in [2.24, 2.45) is 27.7 Å². The average molecular weight is 512 g/mol. The smallest absolute Gasteiger partial charge is 0.249 e. The Hall–Kier alpha value is -3.86. The van der Waals surface area contributed by atoms with Gasteiger partial charge in [-0.15, -0.1) is 0 Å². The zero-order chi connectivity index (χ0) is 26.0. The number of amides is 1. The highest BCUT2D eigenvalue weighted by atomic mass is 19.1. The first kappa shape index (κ1) is 23.3. The van der Waals surface area contributed by atoms with Gasteiger partial charge in [-0.2, -0.15) is 5.26 Å². The summed E-state index contributed by atoms with van der Waals surface area (Å²) in [5.41, 5.74) is 5.61. The SMILES string of the molecule is N#Cc1ccc(C2=NC3C=C(c4ccc(F)cc4F)C(=NC45CC6CC(CC(C6)C4)C5)NN3C(=O)C2)cc1. The van der Waals surface area contributed by atoms with Crippen molar-refractivity contribution >= 4 is 23.0 Å². The Morgan fingerprint density at radius 3 is 2.34 bits per heavy atom. The molecule has 2 aliphatic heterocycles. The molecule has 6 aliphatic rings. The van der Waals surface area contributed by atoms with Gasteiger partial charge in [0.1, 0.15) is 17.5 Å². The number of fused-ring (bicyclic) bond motifs is 1. The number of hydrazine groups is 1. The van der Waals surface area contributed by atoms with E-state index in [0.717, 1.165) is 30.9 Å². The molecule has 2 aromatic carbocycles. The Labute approximate surface area is 219 Å². The molecule has 6 nitrogen and oxygen atoms in total. The number of aliphatic imine (C=N–C) groups is 2. The van der Waals surface area contributed by atoms with Crippen LogP contribution in [0.5, 0.6) is 0 Å². The van der Waals surface area contributed by atoms with Crippen LogP contribution in [-0.2, 0) is 4.79 Å². The van der Waals surface area contributed by atoms with Crippen LogP contribution in [0.3, 0.4) is 0 Å². The molecule has 192 valence electrons. The maximum atomic E-state index is 15.1. The first-order valence-corrected chi connectivity index (χ1v) is 13.3. The maximum absolute atomic E-state index is 15.1. The van der Waals surface area contributed by atoms with E-state index >= 15 is 4.39 Å². The number of rotatable bonds is 3. The number of nitrogens with zero attached hydrogens (tertiary/aromatic N) is 4. The molecular formula is C30H27F2N5O. The molecule has 38 heavy (non-hydrogen) atoms. The first-order chi connectivity index (χ1) is 18.4. The third-order valence-corrected chi connectivity index (χ3v) is 8.86. The highest BCUT2D eigenvalue weighted by molar-refractivity contribution is 6.24. The Balaban J connectivity index is 1.32. The monoisotopic (exact) mass is 511 g/mol. The van der Waals surface area contributed by atoms with E-state index in [9.17, 15) is 9.18 Å². The number of benzene rings is 2. The molecule has 4 fully saturated rings. The fourth-order valence-electron chi connectivity index (χ4n) is 7.64. The van der Waals surface area contributed by atoms with Crippen molar-refractivity contribution in [2.75, 3.05) is 0 Å². The summed E-state index contributed by atoms with van der Waals surface area (Å²) in [5.74, 6) is 0.986. The molecule has 4 aliphatic carbocycles. The number of nitrogens with one attached hydrogen (secondary N) is 1. The molecule has 0 radical (unpaired) electrons. The molecule has 8 rings (SSSR count). The van der Waals surface area contributed by atoms with Gasteiger partial charge in [-0.25, -0.2) is 13.8 Å². The minimum absolute atomic E-state index is 0.0914. The molecule has 2 heterocycles. The van der Waals surface area contributed by atoms with E-state index in [2.05, 4.69) is 11.5 Å². The molecule has 0 aromatic heterocycles. The number of amidine groups is 1. The van der Waals surface area contributed by atoms with E-state index in [1.54, 1.807) is 30.3 Å². The van der Waals surface area contributed by atoms with Crippen LogP contribution in [0, 0.1) is 40.7 Å². The van der Waals surface area contributed by atoms with Crippen molar-refractivity contribution in [2.45, 2.75) is 56.7 Å². The van der Waals surface area contributed by atoms with E-state index in [0.29, 0.717) is 40.4 Å². The molecule has 1 unspecified atom stereocenters. The second-order valence-corrected chi connectivity index (χ2v) is 11.5. The molecule has 1 amide bonds. The predicted molar refractivity (Wildman–Crippen MR) is 139 cm³/mol. The molecule has 1 atom stereocenters. The zero-order valence-corrected chi connectivity index (χ0v) is 20.8. The number of halogens is 2. The number of nitriles is 1. The van der Waals surface area contributed by atoms with Crippen molar-refractivity contribution < 1.29 is 13.6 Å². The van der Waals surface area contributed by atoms with E-state index in [1.165, 1.54) is 36.4 Å². The van der Waals surface area contributed by atoms with Gasteiger partial charge in [0.25, 0.3) is 0 Å². The Morgan fingerprint density at radius 2 is 1.71 bits per heavy atom. The van der Waals surface area contributed by atoms with Crippen LogP contribution < -0.4 is 5.43 Å². The lowest BCUT2D eigenvalue weighted by Crippen LogP contribution is -2.58. The molecule has 4 bridgehead atoms. The van der Waals surface area contributed by atoms with Gasteiger partial charge in [0.05, 0.1) is 29.3 Å². The van der Waals surface area contributed by atoms with Gasteiger partial charge in [0.15, 0.2) is 6.17 Å². The van der Waals surface area contributed by atoms with Gasteiger partial charge >= 0.3 is 0 Å². The average Bonchev–Trinajstić information content (AvgIpc) is 2.88. The predicted octanol–water partition coefficient (Wildman–Crippen LogP) is 5.15. The lowest BCUT2D eigenvalue weighted by atomic mass is 9.53. The van der Waals surface area contributed by atoms with Gasteiger partial charge in [-0.3, -0.25) is 20.2 Å². The normalized spacial score (nSPS) is 32.4. The minimum Gasteiger partial charge on any atom is -0.277 e. The quantitative estimate of drug-likeness (QED) is 0.619. The Bertz CT molecular complexity index is 1430. The van der Waals surface area contributed by atoms with Crippen molar-refractivity contribution in [1.29, 1.82) is 5.26 Å². The number of carbonyl (C=O) groups is 1. The van der Waals surface area contributed by atoms with Gasteiger partial charge in [-0.1, -0.05) is 12.1 Å². The van der Waals surface area contributed by atoms with Crippen LogP contribution in [0.1, 0.15) is 61.6 Å². The maximum Gasteiger partial charge on any atom is 0.249 e. The summed E-state index contributed by atoms with van der Waals surface area (Å²) in [6, 6.07) is 12.6. The topological polar surface area (TPSA) is 80.8 Å². The van der Waals surface area contributed by atoms with Crippen LogP contribution in [-0.4, -0.2) is 34.2 Å². The zero-order valence-electron chi connectivity index (χ0n) is 20.8. The van der Waals surface area contributed by atoms with Gasteiger partial charge < -0.3 is 0 Å². The van der Waals surface area contributed by atoms with Crippen molar-refractivity contribution in [3.05, 3.63) is 76.9 Å². The van der Waals surface area contributed by atoms with E-state index in [-0.39, 0.29) is 23.4 Å². The highest BCUT2D eigenvalue weighted by Crippen LogP contribution is 2.57. The van der Waals surface area contributed by atoms with Gasteiger partial charge in [-0.05, 0) is 92.2 Å². The largest absolute Gasteiger partial charge is 0.277 e. The van der Waals surface area contributed by atoms with Crippen LogP contribution in [0.25, 0.3) is 5.57 Å². The molecule has 0 spiro atoms. The third kappa shape index (κ3) is 3.92. The van der Waals surface area contributed by atoms with Crippen LogP contribution >= 0.6 is 0 Å². The van der Waals surface area contributed by atoms with Crippen LogP contribution in [0.2, 0.25) is 0 Å². The summed E-state index contributed by atoms with van der Waals surface area (Å²) in [6.07, 6.45) is 7.99. The van der Waals surface area contributed by atoms with E-state index in [4.69, 9.17) is 15.2 Å². The Morgan fingerprint density at radius 1 is 1.03 bits per heavy atom. The number of hydrogen-bond acceptors (Lipinski definition) is 4. The summed E-state index contributed by atoms with van der Waals surface area (Å²) >= 11 is 0. The highest BCUT2D eigenvalue weighted by Gasteiger charge is 2.51. The summed E-state index contributed by atoms with van der Waals surface area (Å²) in [7, 11) is 0. The van der Waals surface area contributed by atoms with Crippen molar-refractivity contribution in [3.8, 4) is 6.07 Å². The lowest BCUT2D eigenvalue weighted by Gasteiger charge is -2.55. The first-order valence-electron chi connectivity index (χ1n) is 13.3. The molecular weight excluding hydrogens is 484 g/mol. The summed E-state index contributed by atoms with van der Waals surface area (Å²) in [4.78, 5) is 23.4. The third-order valence-electron chi connectivity index (χ3n) is 8.86. The number of carbonyl (C=O) groups excluding carboxylic acids is 1. The number of hydrogen-bond donors (Lipinski definition) is 1. The van der Waals surface area contributed by atoms with E-state index < -0.39 is 17.8 Å². The fraction of sp³-hybridized carbons (Fsp3) is 0.400.